The van der Waals surface area contributed by atoms with E-state index in [9.17, 15) is 15.0 Å². The van der Waals surface area contributed by atoms with Crippen molar-refractivity contribution in [3.63, 3.8) is 0 Å². The molecule has 0 saturated carbocycles. The number of carbonyl (C=O) groups is 1. The van der Waals surface area contributed by atoms with Gasteiger partial charge in [0.1, 0.15) is 0 Å². The average Bonchev–Trinajstić information content (AvgIpc) is 3.31. The van der Waals surface area contributed by atoms with E-state index in [4.69, 9.17) is 14.0 Å². The number of methoxy groups -OCH3 is 1. The Morgan fingerprint density at radius 2 is 1.26 bits per heavy atom. The molecule has 2 N–H and O–H groups in total. The lowest BCUT2D eigenvalue weighted by molar-refractivity contribution is -0.0892. The molecular weight excluding hydrogens is 470 g/mol. The second-order valence-electron chi connectivity index (χ2n) is 10.5. The summed E-state index contributed by atoms with van der Waals surface area (Å²) in [5.74, 6) is -0.412. The summed E-state index contributed by atoms with van der Waals surface area (Å²) in [5, 5.41) is 22.4. The van der Waals surface area contributed by atoms with Crippen LogP contribution in [0.1, 0.15) is 65.7 Å². The first-order chi connectivity index (χ1) is 15.5. The molecular formula is C24H32B2O6S2. The Kier molecular flexibility index (Phi) is 7.37. The summed E-state index contributed by atoms with van der Waals surface area (Å²) >= 11 is 3.06. The van der Waals surface area contributed by atoms with Gasteiger partial charge in [0.25, 0.3) is 0 Å². The lowest BCUT2D eigenvalue weighted by Gasteiger charge is -2.37. The smallest absolute Gasteiger partial charge is 0.341 e. The highest BCUT2D eigenvalue weighted by molar-refractivity contribution is 7.34. The number of carbonyl (C=O) groups excluding carboxylic acids is 1. The first-order valence-electron chi connectivity index (χ1n) is 11.0. The molecule has 0 aliphatic rings. The van der Waals surface area contributed by atoms with Crippen LogP contribution in [0, 0.1) is 0 Å². The first-order valence-corrected chi connectivity index (χ1v) is 12.7. The molecule has 6 nitrogen and oxygen atoms in total. The number of rotatable bonds is 9. The molecule has 182 valence electrons. The second-order valence-corrected chi connectivity index (χ2v) is 12.7. The molecule has 0 spiro atoms. The number of thiophene rings is 2. The molecule has 3 rings (SSSR count). The molecule has 10 heteroatoms. The topological polar surface area (TPSA) is 85.2 Å². The van der Waals surface area contributed by atoms with Gasteiger partial charge in [0, 0.05) is 14.9 Å². The summed E-state index contributed by atoms with van der Waals surface area (Å²) in [4.78, 5) is 12.6. The van der Waals surface area contributed by atoms with E-state index in [0.717, 1.165) is 29.7 Å². The number of hydrogen-bond acceptors (Lipinski definition) is 8. The third-order valence-electron chi connectivity index (χ3n) is 6.62. The van der Waals surface area contributed by atoms with Gasteiger partial charge in [-0.15, -0.1) is 22.7 Å². The van der Waals surface area contributed by atoms with Gasteiger partial charge in [0.15, 0.2) is 0 Å². The Morgan fingerprint density at radius 1 is 0.794 bits per heavy atom. The zero-order chi connectivity index (χ0) is 25.7. The van der Waals surface area contributed by atoms with Crippen LogP contribution in [0.3, 0.4) is 0 Å². The van der Waals surface area contributed by atoms with Gasteiger partial charge in [-0.05, 0) is 79.0 Å². The van der Waals surface area contributed by atoms with E-state index < -0.39 is 28.4 Å². The maximum atomic E-state index is 12.6. The molecule has 1 aromatic carbocycles. The number of hydrogen-bond donors (Lipinski definition) is 2. The van der Waals surface area contributed by atoms with Gasteiger partial charge in [-0.1, -0.05) is 0 Å². The summed E-state index contributed by atoms with van der Waals surface area (Å²) in [5.41, 5.74) is -3.18. The fourth-order valence-electron chi connectivity index (χ4n) is 2.82. The van der Waals surface area contributed by atoms with Gasteiger partial charge in [0.05, 0.1) is 44.5 Å². The summed E-state index contributed by atoms with van der Waals surface area (Å²) in [6, 6.07) is 5.70. The van der Waals surface area contributed by atoms with Crippen LogP contribution >= 0.6 is 22.7 Å². The second kappa shape index (κ2) is 9.22. The van der Waals surface area contributed by atoms with Gasteiger partial charge in [-0.2, -0.15) is 0 Å². The van der Waals surface area contributed by atoms with Crippen molar-refractivity contribution in [1.82, 2.24) is 0 Å². The lowest BCUT2D eigenvalue weighted by Crippen LogP contribution is -2.49. The van der Waals surface area contributed by atoms with Gasteiger partial charge < -0.3 is 24.3 Å². The Bertz CT molecular complexity index is 1200. The highest BCUT2D eigenvalue weighted by Crippen LogP contribution is 2.35. The maximum absolute atomic E-state index is 12.6. The van der Waals surface area contributed by atoms with E-state index in [-0.39, 0.29) is 0 Å². The van der Waals surface area contributed by atoms with Gasteiger partial charge in [-0.25, -0.2) is 4.79 Å². The van der Waals surface area contributed by atoms with Gasteiger partial charge >= 0.3 is 20.9 Å². The Labute approximate surface area is 210 Å². The van der Waals surface area contributed by atoms with E-state index >= 15 is 0 Å². The molecule has 2 radical (unpaired) electrons. The number of esters is 1. The Balaban J connectivity index is 2.00. The van der Waals surface area contributed by atoms with Crippen molar-refractivity contribution in [2.24, 2.45) is 0 Å². The van der Waals surface area contributed by atoms with Crippen LogP contribution in [-0.2, 0) is 14.0 Å². The number of benzene rings is 1. The van der Waals surface area contributed by atoms with Gasteiger partial charge in [-0.3, -0.25) is 0 Å². The molecule has 34 heavy (non-hydrogen) atoms. The van der Waals surface area contributed by atoms with Crippen LogP contribution in [0.25, 0.3) is 20.2 Å². The minimum Gasteiger partial charge on any atom is -0.465 e. The highest BCUT2D eigenvalue weighted by Gasteiger charge is 2.37. The Morgan fingerprint density at radius 3 is 1.74 bits per heavy atom. The van der Waals surface area contributed by atoms with Crippen LogP contribution in [-0.4, -0.2) is 60.7 Å². The van der Waals surface area contributed by atoms with Crippen molar-refractivity contribution in [1.29, 1.82) is 0 Å². The molecule has 2 heterocycles. The SMILES string of the molecule is COC(=O)c1cc2cc([B]OC(C)(C)C(C)(C)O)sc2c2sc([B]OC(C)(C)C(C)(C)O)cc12. The number of aliphatic hydroxyl groups is 2. The standard InChI is InChI=1S/C24H32B2O6S2/c1-21(2,28)23(5,6)31-25-16-11-13-10-15(20(27)30-9)14-12-17(34-19(14)18(13)33-16)26-32-24(7,8)22(3,4)29/h10-12,28-29H,1-9H3. The van der Waals surface area contributed by atoms with Crippen LogP contribution in [0.4, 0.5) is 0 Å². The zero-order valence-electron chi connectivity index (χ0n) is 21.2. The first kappa shape index (κ1) is 27.2. The molecule has 0 saturated heterocycles. The summed E-state index contributed by atoms with van der Waals surface area (Å²) in [6.07, 6.45) is 0. The van der Waals surface area contributed by atoms with E-state index in [2.05, 4.69) is 0 Å². The van der Waals surface area contributed by atoms with E-state index in [1.54, 1.807) is 54.0 Å². The molecule has 3 aromatic rings. The minimum atomic E-state index is -1.04. The fourth-order valence-corrected chi connectivity index (χ4v) is 5.02. The number of fused-ring (bicyclic) bond motifs is 3. The predicted molar refractivity (Wildman–Crippen MR) is 142 cm³/mol. The molecule has 0 aliphatic carbocycles. The lowest BCUT2D eigenvalue weighted by atomic mass is 9.86. The summed E-state index contributed by atoms with van der Waals surface area (Å²) in [6.45, 7) is 14.1. The fraction of sp³-hybridized carbons (Fsp3) is 0.542. The maximum Gasteiger partial charge on any atom is 0.341 e. The quantitative estimate of drug-likeness (QED) is 0.344. The van der Waals surface area contributed by atoms with Crippen molar-refractivity contribution in [3.8, 4) is 0 Å². The Hall–Kier alpha value is -1.42. The molecule has 0 bridgehead atoms. The molecule has 0 unspecified atom stereocenters. The van der Waals surface area contributed by atoms with Crippen molar-refractivity contribution in [2.45, 2.75) is 77.8 Å². The molecule has 0 fully saturated rings. The third kappa shape index (κ3) is 5.37. The van der Waals surface area contributed by atoms with Crippen LogP contribution in [0.2, 0.25) is 0 Å². The summed E-state index contributed by atoms with van der Waals surface area (Å²) < 4.78 is 20.6. The molecule has 0 amide bonds. The normalized spacial score (nSPS) is 13.5. The van der Waals surface area contributed by atoms with E-state index in [1.807, 2.05) is 45.9 Å². The van der Waals surface area contributed by atoms with E-state index in [1.165, 1.54) is 18.4 Å². The van der Waals surface area contributed by atoms with Gasteiger partial charge in [0.2, 0.25) is 0 Å². The van der Waals surface area contributed by atoms with Crippen molar-refractivity contribution >= 4 is 73.3 Å². The van der Waals surface area contributed by atoms with Crippen LogP contribution < -0.4 is 9.55 Å². The molecule has 2 aromatic heterocycles. The monoisotopic (exact) mass is 502 g/mol. The third-order valence-corrected chi connectivity index (χ3v) is 8.92. The summed E-state index contributed by atoms with van der Waals surface area (Å²) in [7, 11) is 4.65. The van der Waals surface area contributed by atoms with Crippen LogP contribution in [0.15, 0.2) is 18.2 Å². The molecule has 0 atom stereocenters. The van der Waals surface area contributed by atoms with E-state index in [0.29, 0.717) is 5.56 Å². The highest BCUT2D eigenvalue weighted by atomic mass is 32.1. The van der Waals surface area contributed by atoms with Crippen molar-refractivity contribution < 1.29 is 29.1 Å². The van der Waals surface area contributed by atoms with Crippen molar-refractivity contribution in [3.05, 3.63) is 23.8 Å². The predicted octanol–water partition coefficient (Wildman–Crippen LogP) is 3.52. The molecule has 0 aliphatic heterocycles. The largest absolute Gasteiger partial charge is 0.465 e. The average molecular weight is 502 g/mol. The number of ether oxygens (including phenoxy) is 1. The zero-order valence-corrected chi connectivity index (χ0v) is 22.9. The van der Waals surface area contributed by atoms with Crippen molar-refractivity contribution in [2.75, 3.05) is 7.11 Å². The minimum absolute atomic E-state index is 0.412. The van der Waals surface area contributed by atoms with Crippen LogP contribution in [0.5, 0.6) is 0 Å².